The Morgan fingerprint density at radius 2 is 2.04 bits per heavy atom. The molecule has 140 valence electrons. The van der Waals surface area contributed by atoms with Crippen molar-refractivity contribution in [3.8, 4) is 11.5 Å². The number of nitrogens with one attached hydrogen (secondary N) is 1. The number of benzene rings is 2. The summed E-state index contributed by atoms with van der Waals surface area (Å²) in [4.78, 5) is 27.8. The molecule has 28 heavy (non-hydrogen) atoms. The van der Waals surface area contributed by atoms with Crippen LogP contribution >= 0.6 is 11.8 Å². The van der Waals surface area contributed by atoms with Gasteiger partial charge in [0, 0.05) is 17.5 Å². The fourth-order valence-corrected chi connectivity index (χ4v) is 4.95. The van der Waals surface area contributed by atoms with Gasteiger partial charge in [-0.05, 0) is 60.4 Å². The van der Waals surface area contributed by atoms with Gasteiger partial charge in [-0.25, -0.2) is 4.39 Å². The second-order valence-corrected chi connectivity index (χ2v) is 8.01. The highest BCUT2D eigenvalue weighted by Crippen LogP contribution is 2.43. The number of thioether (sulfide) groups is 1. The van der Waals surface area contributed by atoms with Crippen LogP contribution in [0, 0.1) is 5.82 Å². The van der Waals surface area contributed by atoms with Crippen molar-refractivity contribution in [3.05, 3.63) is 65.6 Å². The van der Waals surface area contributed by atoms with Crippen molar-refractivity contribution >= 4 is 33.8 Å². The third-order valence-corrected chi connectivity index (χ3v) is 6.33. The molecule has 1 aliphatic carbocycles. The van der Waals surface area contributed by atoms with E-state index in [1.807, 2.05) is 18.2 Å². The van der Waals surface area contributed by atoms with Gasteiger partial charge in [0.2, 0.25) is 5.91 Å². The van der Waals surface area contributed by atoms with Crippen molar-refractivity contribution in [1.29, 1.82) is 0 Å². The zero-order chi connectivity index (χ0) is 19.3. The van der Waals surface area contributed by atoms with Gasteiger partial charge >= 0.3 is 0 Å². The molecule has 5 nitrogen and oxygen atoms in total. The van der Waals surface area contributed by atoms with Crippen LogP contribution in [0.3, 0.4) is 0 Å². The second kappa shape index (κ2) is 6.60. The van der Waals surface area contributed by atoms with Crippen molar-refractivity contribution in [3.63, 3.8) is 0 Å². The summed E-state index contributed by atoms with van der Waals surface area (Å²) in [6.45, 7) is 0. The summed E-state index contributed by atoms with van der Waals surface area (Å²) in [7, 11) is 0. The molecule has 2 amide bonds. The van der Waals surface area contributed by atoms with E-state index in [1.165, 1.54) is 12.1 Å². The van der Waals surface area contributed by atoms with Crippen LogP contribution in [0.5, 0.6) is 11.5 Å². The van der Waals surface area contributed by atoms with Crippen molar-refractivity contribution in [1.82, 2.24) is 10.3 Å². The van der Waals surface area contributed by atoms with Gasteiger partial charge in [-0.1, -0.05) is 17.8 Å². The molecule has 1 unspecified atom stereocenters. The maximum atomic E-state index is 13.6. The van der Waals surface area contributed by atoms with E-state index in [0.717, 1.165) is 35.7 Å². The molecule has 2 atom stereocenters. The minimum atomic E-state index is -0.368. The Kier molecular flexibility index (Phi) is 4.05. The molecule has 1 N–H and O–H groups in total. The average Bonchev–Trinajstić information content (AvgIpc) is 3.24. The van der Waals surface area contributed by atoms with Crippen molar-refractivity contribution < 1.29 is 18.7 Å². The highest BCUT2D eigenvalue weighted by Gasteiger charge is 2.41. The van der Waals surface area contributed by atoms with E-state index in [2.05, 4.69) is 10.3 Å². The van der Waals surface area contributed by atoms with Gasteiger partial charge < -0.3 is 4.74 Å². The number of carbonyl (C=O) groups is 2. The highest BCUT2D eigenvalue weighted by molar-refractivity contribution is 8.15. The Morgan fingerprint density at radius 3 is 2.86 bits per heavy atom. The molecular weight excluding hydrogens is 379 g/mol. The van der Waals surface area contributed by atoms with Crippen LogP contribution in [0.4, 0.5) is 9.18 Å². The number of imide groups is 1. The molecule has 1 saturated heterocycles. The molecule has 2 heterocycles. The largest absolute Gasteiger partial charge is 0.457 e. The van der Waals surface area contributed by atoms with E-state index >= 15 is 0 Å². The predicted molar refractivity (Wildman–Crippen MR) is 104 cm³/mol. The molecule has 5 rings (SSSR count). The normalized spacial score (nSPS) is 21.0. The number of amides is 2. The number of halogens is 1. The fourth-order valence-electron chi connectivity index (χ4n) is 3.95. The van der Waals surface area contributed by atoms with Gasteiger partial charge in [0.25, 0.3) is 5.24 Å². The van der Waals surface area contributed by atoms with Gasteiger partial charge in [0.05, 0.1) is 5.52 Å². The molecule has 0 saturated carbocycles. The van der Waals surface area contributed by atoms with Crippen LogP contribution in [0.2, 0.25) is 0 Å². The molecule has 2 aromatic carbocycles. The van der Waals surface area contributed by atoms with E-state index in [0.29, 0.717) is 22.4 Å². The first-order valence-corrected chi connectivity index (χ1v) is 9.83. The minimum absolute atomic E-state index is 0.0244. The summed E-state index contributed by atoms with van der Waals surface area (Å²) < 4.78 is 19.7. The van der Waals surface area contributed by atoms with E-state index < -0.39 is 0 Å². The molecule has 1 aromatic heterocycles. The van der Waals surface area contributed by atoms with Gasteiger partial charge in [0.1, 0.15) is 22.6 Å². The first-order chi connectivity index (χ1) is 13.6. The van der Waals surface area contributed by atoms with Crippen LogP contribution in [0.1, 0.15) is 23.5 Å². The number of pyridine rings is 1. The number of aryl methyl sites for hydroxylation is 1. The number of carbonyl (C=O) groups excluding carboxylic acids is 2. The number of hydrogen-bond acceptors (Lipinski definition) is 5. The van der Waals surface area contributed by atoms with Gasteiger partial charge in [-0.2, -0.15) is 0 Å². The van der Waals surface area contributed by atoms with E-state index in [4.69, 9.17) is 4.74 Å². The number of fused-ring (bicyclic) bond motifs is 2. The summed E-state index contributed by atoms with van der Waals surface area (Å²) in [6.07, 6.45) is 3.27. The molecule has 0 radical (unpaired) electrons. The number of hydrogen-bond donors (Lipinski definition) is 1. The minimum Gasteiger partial charge on any atom is -0.457 e. The van der Waals surface area contributed by atoms with Gasteiger partial charge in [0.15, 0.2) is 0 Å². The molecule has 0 spiro atoms. The topological polar surface area (TPSA) is 68.3 Å². The lowest BCUT2D eigenvalue weighted by molar-refractivity contribution is -0.119. The Labute approximate surface area is 164 Å². The van der Waals surface area contributed by atoms with Crippen molar-refractivity contribution in [2.45, 2.75) is 24.0 Å². The number of nitrogens with zero attached hydrogens (tertiary/aromatic N) is 1. The Morgan fingerprint density at radius 1 is 1.14 bits per heavy atom. The first kappa shape index (κ1) is 17.2. The maximum absolute atomic E-state index is 13.6. The average molecular weight is 394 g/mol. The molecular formula is C21H15FN2O3S. The zero-order valence-corrected chi connectivity index (χ0v) is 15.5. The molecule has 2 aliphatic rings. The van der Waals surface area contributed by atoms with Crippen LogP contribution in [0.25, 0.3) is 10.9 Å². The standard InChI is InChI=1S/C21H15FN2O3S/c22-12-2-6-17-16(10-12)18(7-8-23-17)27-13-3-5-14-11(9-13)1-4-15(14)19-20(25)24-21(26)28-19/h2-3,5-10,15,19H,1,4H2,(H,24,25,26)/t15-,19?/m1/s1. The van der Waals surface area contributed by atoms with Gasteiger partial charge in [-0.15, -0.1) is 0 Å². The summed E-state index contributed by atoms with van der Waals surface area (Å²) in [5.74, 6) is 0.657. The predicted octanol–water partition coefficient (Wildman–Crippen LogP) is 4.55. The van der Waals surface area contributed by atoms with Crippen LogP contribution in [0.15, 0.2) is 48.7 Å². The third-order valence-electron chi connectivity index (χ3n) is 5.21. The van der Waals surface area contributed by atoms with Crippen molar-refractivity contribution in [2.24, 2.45) is 0 Å². The second-order valence-electron chi connectivity index (χ2n) is 6.89. The highest BCUT2D eigenvalue weighted by atomic mass is 32.2. The number of aromatic nitrogens is 1. The SMILES string of the molecule is O=C1NC(=O)C([C@@H]2CCc3cc(Oc4ccnc5ccc(F)cc45)ccc32)S1. The monoisotopic (exact) mass is 394 g/mol. The fraction of sp³-hybridized carbons (Fsp3) is 0.190. The number of ether oxygens (including phenoxy) is 1. The summed E-state index contributed by atoms with van der Waals surface area (Å²) in [6, 6.07) is 11.9. The summed E-state index contributed by atoms with van der Waals surface area (Å²) in [5, 5.41) is 2.33. The Balaban J connectivity index is 1.44. The molecule has 1 fully saturated rings. The molecule has 7 heteroatoms. The van der Waals surface area contributed by atoms with Gasteiger partial charge in [-0.3, -0.25) is 19.9 Å². The molecule has 1 aliphatic heterocycles. The van der Waals surface area contributed by atoms with Crippen LogP contribution < -0.4 is 10.1 Å². The zero-order valence-electron chi connectivity index (χ0n) is 14.6. The summed E-state index contributed by atoms with van der Waals surface area (Å²) >= 11 is 1.07. The quantitative estimate of drug-likeness (QED) is 0.706. The Hall–Kier alpha value is -2.93. The van der Waals surface area contributed by atoms with E-state index in [1.54, 1.807) is 18.3 Å². The van der Waals surface area contributed by atoms with Crippen LogP contribution in [-0.2, 0) is 11.2 Å². The van der Waals surface area contributed by atoms with E-state index in [9.17, 15) is 14.0 Å². The number of rotatable bonds is 3. The lowest BCUT2D eigenvalue weighted by Gasteiger charge is -2.16. The third kappa shape index (κ3) is 2.92. The van der Waals surface area contributed by atoms with E-state index in [-0.39, 0.29) is 28.1 Å². The Bertz CT molecular complexity index is 1130. The van der Waals surface area contributed by atoms with Crippen LogP contribution in [-0.4, -0.2) is 21.4 Å². The van der Waals surface area contributed by atoms with Crippen molar-refractivity contribution in [2.75, 3.05) is 0 Å². The molecule has 0 bridgehead atoms. The lowest BCUT2D eigenvalue weighted by Crippen LogP contribution is -2.27. The molecule has 3 aromatic rings. The first-order valence-electron chi connectivity index (χ1n) is 8.95. The smallest absolute Gasteiger partial charge is 0.286 e. The summed E-state index contributed by atoms with van der Waals surface area (Å²) in [5.41, 5.74) is 2.86. The lowest BCUT2D eigenvalue weighted by atomic mass is 9.97. The maximum Gasteiger partial charge on any atom is 0.286 e.